The van der Waals surface area contributed by atoms with Crippen molar-refractivity contribution in [2.75, 3.05) is 0 Å². The number of benzene rings is 6. The largest absolute Gasteiger partial charge is 0.243 e. The molecule has 45 heavy (non-hydrogen) atoms. The Labute approximate surface area is 260 Å². The van der Waals surface area contributed by atoms with Crippen molar-refractivity contribution in [3.8, 4) is 45.2 Å². The Hall–Kier alpha value is -5.93. The second-order valence-electron chi connectivity index (χ2n) is 11.9. The molecule has 0 bridgehead atoms. The number of hydrogen-bond acceptors (Lipinski definition) is 3. The molecule has 0 radical (unpaired) electrons. The number of nitrogens with zero attached hydrogens (tertiary/aromatic N) is 3. The molecule has 1 spiro atoms. The molecule has 0 unspecified atom stereocenters. The van der Waals surface area contributed by atoms with E-state index >= 15 is 0 Å². The first-order valence-corrected chi connectivity index (χ1v) is 15.4. The van der Waals surface area contributed by atoms with Gasteiger partial charge >= 0.3 is 0 Å². The summed E-state index contributed by atoms with van der Waals surface area (Å²) in [4.78, 5) is 16.0. The van der Waals surface area contributed by atoms with Gasteiger partial charge in [-0.25, -0.2) is 15.0 Å². The summed E-state index contributed by atoms with van der Waals surface area (Å²) in [6.45, 7) is 0. The second kappa shape index (κ2) is 9.04. The molecule has 0 amide bonds. The Morgan fingerprint density at radius 2 is 0.889 bits per heavy atom. The lowest BCUT2D eigenvalue weighted by Gasteiger charge is -2.31. The molecule has 0 N–H and O–H groups in total. The van der Waals surface area contributed by atoms with E-state index in [1.165, 1.54) is 38.8 Å². The molecular weight excluding hydrogens is 546 g/mol. The highest BCUT2D eigenvalue weighted by molar-refractivity contribution is 6.06. The number of fused-ring (bicyclic) bond motifs is 13. The fraction of sp³-hybridized carbons (Fsp3) is 0.0238. The molecule has 208 valence electrons. The lowest BCUT2D eigenvalue weighted by molar-refractivity contribution is 0.799. The Bertz CT molecular complexity index is 2450. The van der Waals surface area contributed by atoms with Crippen LogP contribution < -0.4 is 0 Å². The van der Waals surface area contributed by atoms with Crippen LogP contribution in [0.5, 0.6) is 0 Å². The molecule has 0 aliphatic heterocycles. The number of para-hydroxylation sites is 1. The van der Waals surface area contributed by atoms with Crippen molar-refractivity contribution in [3.05, 3.63) is 174 Å². The zero-order valence-corrected chi connectivity index (χ0v) is 24.3. The van der Waals surface area contributed by atoms with E-state index in [2.05, 4.69) is 140 Å². The van der Waals surface area contributed by atoms with Crippen LogP contribution >= 0.6 is 0 Å². The summed E-state index contributed by atoms with van der Waals surface area (Å²) in [5, 5.41) is 3.26. The predicted molar refractivity (Wildman–Crippen MR) is 182 cm³/mol. The van der Waals surface area contributed by atoms with Gasteiger partial charge in [0.15, 0.2) is 5.82 Å². The number of pyridine rings is 1. The molecule has 6 aromatic carbocycles. The zero-order valence-electron chi connectivity index (χ0n) is 24.3. The fourth-order valence-corrected chi connectivity index (χ4v) is 7.95. The number of aromatic nitrogens is 3. The zero-order chi connectivity index (χ0) is 29.5. The number of hydrogen-bond donors (Lipinski definition) is 0. The maximum atomic E-state index is 5.57. The molecule has 2 aromatic heterocycles. The quantitative estimate of drug-likeness (QED) is 0.207. The first-order valence-electron chi connectivity index (χ1n) is 15.4. The van der Waals surface area contributed by atoms with Gasteiger partial charge in [0.25, 0.3) is 0 Å². The molecule has 3 nitrogen and oxygen atoms in total. The first-order chi connectivity index (χ1) is 22.3. The van der Waals surface area contributed by atoms with E-state index in [0.717, 1.165) is 44.5 Å². The standard InChI is InChI=1S/C42H25N3/c1-2-14-26(15-3-1)38-32-21-9-13-25-36(32)43-41(45-38)40-30-19-5-4-18-29(30)37-39(44-40)31-20-8-12-24-35(31)42(37)33-22-10-6-16-27(33)28-17-7-11-23-34(28)42/h1-25H. The summed E-state index contributed by atoms with van der Waals surface area (Å²) in [7, 11) is 0. The third kappa shape index (κ3) is 3.17. The first kappa shape index (κ1) is 24.5. The van der Waals surface area contributed by atoms with Gasteiger partial charge in [-0.1, -0.05) is 146 Å². The summed E-state index contributed by atoms with van der Waals surface area (Å²) in [6, 6.07) is 53.9. The summed E-state index contributed by atoms with van der Waals surface area (Å²) in [5.74, 6) is 0.636. The van der Waals surface area contributed by atoms with Gasteiger partial charge < -0.3 is 0 Å². The topological polar surface area (TPSA) is 38.7 Å². The Morgan fingerprint density at radius 1 is 0.356 bits per heavy atom. The minimum absolute atomic E-state index is 0.469. The van der Waals surface area contributed by atoms with Gasteiger partial charge in [0, 0.05) is 27.5 Å². The molecule has 8 aromatic rings. The predicted octanol–water partition coefficient (Wildman–Crippen LogP) is 9.86. The third-order valence-electron chi connectivity index (χ3n) is 9.69. The van der Waals surface area contributed by atoms with Crippen molar-refractivity contribution >= 4 is 21.7 Å². The van der Waals surface area contributed by atoms with E-state index in [0.29, 0.717) is 5.82 Å². The van der Waals surface area contributed by atoms with Crippen LogP contribution in [-0.4, -0.2) is 15.0 Å². The van der Waals surface area contributed by atoms with Crippen LogP contribution in [0.4, 0.5) is 0 Å². The Morgan fingerprint density at radius 3 is 1.60 bits per heavy atom. The molecule has 0 saturated heterocycles. The molecule has 2 aliphatic rings. The van der Waals surface area contributed by atoms with Gasteiger partial charge in [-0.3, -0.25) is 0 Å². The summed E-state index contributed by atoms with van der Waals surface area (Å²) < 4.78 is 0. The van der Waals surface area contributed by atoms with Crippen molar-refractivity contribution in [3.63, 3.8) is 0 Å². The molecule has 0 saturated carbocycles. The van der Waals surface area contributed by atoms with Crippen LogP contribution in [0.3, 0.4) is 0 Å². The highest BCUT2D eigenvalue weighted by Crippen LogP contribution is 2.63. The minimum Gasteiger partial charge on any atom is -0.243 e. The van der Waals surface area contributed by atoms with Crippen molar-refractivity contribution in [2.45, 2.75) is 5.41 Å². The van der Waals surface area contributed by atoms with Gasteiger partial charge in [0.2, 0.25) is 0 Å². The monoisotopic (exact) mass is 571 g/mol. The molecule has 0 atom stereocenters. The average molecular weight is 572 g/mol. The van der Waals surface area contributed by atoms with Crippen LogP contribution in [-0.2, 0) is 5.41 Å². The van der Waals surface area contributed by atoms with Crippen LogP contribution in [0.2, 0.25) is 0 Å². The Balaban J connectivity index is 1.35. The molecular formula is C42H25N3. The second-order valence-corrected chi connectivity index (χ2v) is 11.9. The lowest BCUT2D eigenvalue weighted by atomic mass is 9.69. The van der Waals surface area contributed by atoms with E-state index < -0.39 is 5.41 Å². The molecule has 2 aliphatic carbocycles. The van der Waals surface area contributed by atoms with Crippen molar-refractivity contribution in [2.24, 2.45) is 0 Å². The van der Waals surface area contributed by atoms with E-state index in [9.17, 15) is 0 Å². The SMILES string of the molecule is c1ccc(-c2nc(-c3nc4c(c5ccccc35)C3(c5ccccc5-c5ccccc53)c3ccccc3-4)nc3ccccc23)cc1. The lowest BCUT2D eigenvalue weighted by Crippen LogP contribution is -2.26. The Kier molecular flexibility index (Phi) is 4.92. The molecule has 0 fully saturated rings. The van der Waals surface area contributed by atoms with Gasteiger partial charge in [0.05, 0.1) is 22.3 Å². The molecule has 2 heterocycles. The smallest absolute Gasteiger partial charge is 0.179 e. The van der Waals surface area contributed by atoms with E-state index in [1.807, 2.05) is 12.1 Å². The van der Waals surface area contributed by atoms with Crippen molar-refractivity contribution in [1.29, 1.82) is 0 Å². The minimum atomic E-state index is -0.469. The normalized spacial score (nSPS) is 13.5. The summed E-state index contributed by atoms with van der Waals surface area (Å²) in [5.41, 5.74) is 13.1. The maximum Gasteiger partial charge on any atom is 0.179 e. The molecule has 10 rings (SSSR count). The van der Waals surface area contributed by atoms with Gasteiger partial charge in [-0.05, 0) is 39.3 Å². The van der Waals surface area contributed by atoms with Gasteiger partial charge in [-0.2, -0.15) is 0 Å². The van der Waals surface area contributed by atoms with Gasteiger partial charge in [0.1, 0.15) is 5.69 Å². The van der Waals surface area contributed by atoms with Crippen molar-refractivity contribution < 1.29 is 0 Å². The van der Waals surface area contributed by atoms with Gasteiger partial charge in [-0.15, -0.1) is 0 Å². The number of rotatable bonds is 2. The van der Waals surface area contributed by atoms with Crippen LogP contribution in [0.25, 0.3) is 66.8 Å². The highest BCUT2D eigenvalue weighted by atomic mass is 14.9. The van der Waals surface area contributed by atoms with Crippen molar-refractivity contribution in [1.82, 2.24) is 15.0 Å². The average Bonchev–Trinajstić information content (AvgIpc) is 3.58. The summed E-state index contributed by atoms with van der Waals surface area (Å²) >= 11 is 0. The third-order valence-corrected chi connectivity index (χ3v) is 9.69. The van der Waals surface area contributed by atoms with E-state index in [1.54, 1.807) is 0 Å². The molecule has 3 heteroatoms. The van der Waals surface area contributed by atoms with Crippen LogP contribution in [0, 0.1) is 0 Å². The summed E-state index contributed by atoms with van der Waals surface area (Å²) in [6.07, 6.45) is 0. The van der Waals surface area contributed by atoms with Crippen LogP contribution in [0.15, 0.2) is 152 Å². The van der Waals surface area contributed by atoms with E-state index in [4.69, 9.17) is 15.0 Å². The fourth-order valence-electron chi connectivity index (χ4n) is 7.95. The highest BCUT2D eigenvalue weighted by Gasteiger charge is 2.53. The van der Waals surface area contributed by atoms with Crippen LogP contribution in [0.1, 0.15) is 22.3 Å². The maximum absolute atomic E-state index is 5.57. The van der Waals surface area contributed by atoms with E-state index in [-0.39, 0.29) is 0 Å².